The summed E-state index contributed by atoms with van der Waals surface area (Å²) >= 11 is 0. The highest BCUT2D eigenvalue weighted by Crippen LogP contribution is 2.42. The number of hydrogen-bond donors (Lipinski definition) is 1. The third-order valence-corrected chi connectivity index (χ3v) is 5.44. The van der Waals surface area contributed by atoms with Gasteiger partial charge >= 0.3 is 0 Å². The Labute approximate surface area is 185 Å². The zero-order valence-electron chi connectivity index (χ0n) is 17.9. The topological polar surface area (TPSA) is 89.0 Å². The number of carbonyl (C=O) groups excluding carboxylic acids is 2. The molecule has 7 nitrogen and oxygen atoms in total. The van der Waals surface area contributed by atoms with Crippen molar-refractivity contribution in [3.63, 3.8) is 0 Å². The van der Waals surface area contributed by atoms with Crippen LogP contribution in [0, 0.1) is 6.92 Å². The molecule has 1 unspecified atom stereocenters. The van der Waals surface area contributed by atoms with E-state index in [1.54, 1.807) is 74.1 Å². The second kappa shape index (κ2) is 8.55. The minimum atomic E-state index is -0.849. The number of benzene rings is 2. The molecule has 1 atom stereocenters. The number of amides is 1. The highest BCUT2D eigenvalue weighted by molar-refractivity contribution is 6.51. The summed E-state index contributed by atoms with van der Waals surface area (Å²) in [5, 5.41) is 11.2. The minimum absolute atomic E-state index is 0.00427. The van der Waals surface area contributed by atoms with Crippen molar-refractivity contribution in [1.29, 1.82) is 0 Å². The quantitative estimate of drug-likeness (QED) is 0.373. The summed E-state index contributed by atoms with van der Waals surface area (Å²) < 4.78 is 10.6. The molecule has 0 spiro atoms. The number of carbonyl (C=O) groups is 2. The number of hydrogen-bond acceptors (Lipinski definition) is 6. The van der Waals surface area contributed by atoms with Crippen molar-refractivity contribution in [2.75, 3.05) is 19.1 Å². The van der Waals surface area contributed by atoms with Gasteiger partial charge in [0.2, 0.25) is 0 Å². The van der Waals surface area contributed by atoms with E-state index >= 15 is 0 Å². The average molecular weight is 430 g/mol. The first-order valence-electron chi connectivity index (χ1n) is 9.96. The van der Waals surface area contributed by atoms with Crippen molar-refractivity contribution in [2.24, 2.45) is 0 Å². The first kappa shape index (κ1) is 21.1. The van der Waals surface area contributed by atoms with Crippen molar-refractivity contribution in [3.8, 4) is 11.5 Å². The fraction of sp³-hybridized carbons (Fsp3) is 0.160. The van der Waals surface area contributed by atoms with Crippen LogP contribution in [0.25, 0.3) is 5.76 Å². The van der Waals surface area contributed by atoms with Gasteiger partial charge in [0.1, 0.15) is 17.3 Å². The maximum absolute atomic E-state index is 13.2. The van der Waals surface area contributed by atoms with Crippen molar-refractivity contribution in [2.45, 2.75) is 13.0 Å². The van der Waals surface area contributed by atoms with Gasteiger partial charge in [-0.25, -0.2) is 0 Å². The molecule has 1 fully saturated rings. The van der Waals surface area contributed by atoms with Gasteiger partial charge < -0.3 is 14.6 Å². The van der Waals surface area contributed by atoms with Crippen LogP contribution < -0.4 is 14.4 Å². The zero-order valence-corrected chi connectivity index (χ0v) is 17.9. The summed E-state index contributed by atoms with van der Waals surface area (Å²) in [6.45, 7) is 1.84. The highest BCUT2D eigenvalue weighted by atomic mass is 16.5. The highest BCUT2D eigenvalue weighted by Gasteiger charge is 2.47. The molecule has 0 radical (unpaired) electrons. The van der Waals surface area contributed by atoms with Crippen molar-refractivity contribution < 1.29 is 24.2 Å². The molecule has 2 aromatic carbocycles. The molecule has 2 heterocycles. The predicted molar refractivity (Wildman–Crippen MR) is 120 cm³/mol. The van der Waals surface area contributed by atoms with E-state index in [0.717, 1.165) is 5.56 Å². The smallest absolute Gasteiger partial charge is 0.300 e. The van der Waals surface area contributed by atoms with Crippen LogP contribution in [0.3, 0.4) is 0 Å². The Balaban J connectivity index is 1.93. The van der Waals surface area contributed by atoms with Crippen LogP contribution in [-0.2, 0) is 9.59 Å². The molecule has 4 rings (SSSR count). The SMILES string of the molecule is COc1cccc(N2C(=O)C(=O)/C(=C(/O)c3ccc(OC)c(C)c3)C2c2cccnc2)c1. The number of Topliss-reactive ketones (excluding diaryl/α,β-unsaturated/α-hetero) is 1. The van der Waals surface area contributed by atoms with Crippen molar-refractivity contribution in [3.05, 3.63) is 89.3 Å². The molecule has 0 saturated carbocycles. The molecule has 1 aliphatic heterocycles. The van der Waals surface area contributed by atoms with Crippen LogP contribution in [-0.4, -0.2) is 36.0 Å². The van der Waals surface area contributed by atoms with Crippen LogP contribution in [0.4, 0.5) is 5.69 Å². The third-order valence-electron chi connectivity index (χ3n) is 5.44. The normalized spacial score (nSPS) is 17.5. The van der Waals surface area contributed by atoms with Crippen LogP contribution in [0.15, 0.2) is 72.6 Å². The van der Waals surface area contributed by atoms with Crippen LogP contribution >= 0.6 is 0 Å². The van der Waals surface area contributed by atoms with Gasteiger partial charge in [0.25, 0.3) is 11.7 Å². The molecule has 1 saturated heterocycles. The van der Waals surface area contributed by atoms with Crippen LogP contribution in [0.5, 0.6) is 11.5 Å². The molecular weight excluding hydrogens is 408 g/mol. The second-order valence-corrected chi connectivity index (χ2v) is 7.34. The maximum atomic E-state index is 13.2. The number of aromatic nitrogens is 1. The Morgan fingerprint density at radius 3 is 2.50 bits per heavy atom. The van der Waals surface area contributed by atoms with Crippen molar-refractivity contribution in [1.82, 2.24) is 4.98 Å². The van der Waals surface area contributed by atoms with Gasteiger partial charge in [-0.3, -0.25) is 19.5 Å². The number of ether oxygens (including phenoxy) is 2. The largest absolute Gasteiger partial charge is 0.507 e. The molecule has 162 valence electrons. The number of nitrogens with zero attached hydrogens (tertiary/aromatic N) is 2. The lowest BCUT2D eigenvalue weighted by molar-refractivity contribution is -0.132. The summed E-state index contributed by atoms with van der Waals surface area (Å²) in [6, 6.07) is 14.6. The number of ketones is 1. The van der Waals surface area contributed by atoms with Crippen LogP contribution in [0.1, 0.15) is 22.7 Å². The monoisotopic (exact) mass is 430 g/mol. The van der Waals surface area contributed by atoms with E-state index in [4.69, 9.17) is 9.47 Å². The van der Waals surface area contributed by atoms with Gasteiger partial charge in [-0.05, 0) is 54.4 Å². The maximum Gasteiger partial charge on any atom is 0.300 e. The molecule has 1 aliphatic rings. The third kappa shape index (κ3) is 3.58. The number of aliphatic hydroxyl groups is 1. The van der Waals surface area contributed by atoms with Gasteiger partial charge in [-0.1, -0.05) is 12.1 Å². The van der Waals surface area contributed by atoms with E-state index in [2.05, 4.69) is 4.98 Å². The lowest BCUT2D eigenvalue weighted by Crippen LogP contribution is -2.29. The Hall–Kier alpha value is -4.13. The van der Waals surface area contributed by atoms with Gasteiger partial charge in [0.05, 0.1) is 25.8 Å². The Kier molecular flexibility index (Phi) is 5.64. The molecular formula is C25H22N2O5. The van der Waals surface area contributed by atoms with Crippen molar-refractivity contribution >= 4 is 23.1 Å². The Bertz CT molecular complexity index is 1220. The number of methoxy groups -OCH3 is 2. The number of aliphatic hydroxyl groups excluding tert-OH is 1. The summed E-state index contributed by atoms with van der Waals surface area (Å²) in [4.78, 5) is 31.8. The summed E-state index contributed by atoms with van der Waals surface area (Å²) in [5.41, 5.74) is 2.28. The lowest BCUT2D eigenvalue weighted by Gasteiger charge is -2.25. The second-order valence-electron chi connectivity index (χ2n) is 7.34. The Morgan fingerprint density at radius 2 is 1.84 bits per heavy atom. The molecule has 1 aromatic heterocycles. The fourth-order valence-electron chi connectivity index (χ4n) is 3.89. The first-order valence-corrected chi connectivity index (χ1v) is 9.96. The number of pyridine rings is 1. The molecule has 1 amide bonds. The predicted octanol–water partition coefficient (Wildman–Crippen LogP) is 4.03. The van der Waals surface area contributed by atoms with Crippen LogP contribution in [0.2, 0.25) is 0 Å². The summed E-state index contributed by atoms with van der Waals surface area (Å²) in [6.07, 6.45) is 3.18. The van der Waals surface area contributed by atoms with E-state index < -0.39 is 17.7 Å². The van der Waals surface area contributed by atoms with Gasteiger partial charge in [0.15, 0.2) is 0 Å². The molecule has 0 bridgehead atoms. The molecule has 0 aliphatic carbocycles. The van der Waals surface area contributed by atoms with E-state index in [0.29, 0.717) is 28.3 Å². The van der Waals surface area contributed by atoms with E-state index in [-0.39, 0.29) is 11.3 Å². The standard InChI is InChI=1S/C25H22N2O5/c1-15-12-16(9-10-20(15)32-3)23(28)21-22(17-6-5-11-26-14-17)27(25(30)24(21)29)18-7-4-8-19(13-18)31-2/h4-14,22,28H,1-3H3/b23-21+. The minimum Gasteiger partial charge on any atom is -0.507 e. The Morgan fingerprint density at radius 1 is 1.03 bits per heavy atom. The van der Waals surface area contributed by atoms with E-state index in [1.807, 2.05) is 6.92 Å². The molecule has 32 heavy (non-hydrogen) atoms. The van der Waals surface area contributed by atoms with Gasteiger partial charge in [-0.15, -0.1) is 0 Å². The molecule has 1 N–H and O–H groups in total. The van der Waals surface area contributed by atoms with Gasteiger partial charge in [0, 0.05) is 29.7 Å². The first-order chi connectivity index (χ1) is 15.5. The van der Waals surface area contributed by atoms with E-state index in [9.17, 15) is 14.7 Å². The molecule has 7 heteroatoms. The average Bonchev–Trinajstić information content (AvgIpc) is 3.09. The number of aryl methyl sites for hydroxylation is 1. The van der Waals surface area contributed by atoms with Gasteiger partial charge in [-0.2, -0.15) is 0 Å². The lowest BCUT2D eigenvalue weighted by atomic mass is 9.95. The summed E-state index contributed by atoms with van der Waals surface area (Å²) in [7, 11) is 3.09. The number of rotatable bonds is 5. The fourth-order valence-corrected chi connectivity index (χ4v) is 3.89. The van der Waals surface area contributed by atoms with E-state index in [1.165, 1.54) is 12.0 Å². The summed E-state index contributed by atoms with van der Waals surface area (Å²) in [5.74, 6) is -0.567. The molecule has 3 aromatic rings. The number of anilines is 1. The zero-order chi connectivity index (χ0) is 22.8.